The molecule has 0 aliphatic heterocycles. The Morgan fingerprint density at radius 2 is 1.83 bits per heavy atom. The van der Waals surface area contributed by atoms with Gasteiger partial charge in [-0.25, -0.2) is 15.0 Å². The van der Waals surface area contributed by atoms with Crippen molar-refractivity contribution >= 4 is 28.2 Å². The highest BCUT2D eigenvalue weighted by Gasteiger charge is 2.16. The van der Waals surface area contributed by atoms with Gasteiger partial charge in [0, 0.05) is 36.9 Å². The molecule has 0 spiro atoms. The van der Waals surface area contributed by atoms with Crippen molar-refractivity contribution in [3.8, 4) is 11.3 Å². The topological polar surface area (TPSA) is 80.3 Å². The Morgan fingerprint density at radius 3 is 2.60 bits per heavy atom. The monoisotopic (exact) mass is 398 g/mol. The van der Waals surface area contributed by atoms with E-state index in [1.165, 1.54) is 0 Å². The highest BCUT2D eigenvalue weighted by molar-refractivity contribution is 5.82. The van der Waals surface area contributed by atoms with Crippen LogP contribution in [0, 0.1) is 0 Å². The van der Waals surface area contributed by atoms with Crippen molar-refractivity contribution in [1.29, 1.82) is 0 Å². The summed E-state index contributed by atoms with van der Waals surface area (Å²) in [6.45, 7) is 3.54. The summed E-state index contributed by atoms with van der Waals surface area (Å²) in [5, 5.41) is 13.5. The van der Waals surface area contributed by atoms with E-state index in [0.717, 1.165) is 39.2 Å². The summed E-state index contributed by atoms with van der Waals surface area (Å²) >= 11 is 0. The van der Waals surface area contributed by atoms with Crippen molar-refractivity contribution in [2.45, 2.75) is 19.4 Å². The van der Waals surface area contributed by atoms with Gasteiger partial charge in [-0.2, -0.15) is 0 Å². The molecule has 0 saturated heterocycles. The van der Waals surface area contributed by atoms with Gasteiger partial charge in [-0.15, -0.1) is 0 Å². The zero-order valence-electron chi connectivity index (χ0n) is 17.0. The SMILES string of the molecule is Cn1cnc2cc(-c3cn4ccnc4c(Nc4ccc(C(C)(C)O)cc4)n3)ccc21. The lowest BCUT2D eigenvalue weighted by atomic mass is 9.98. The number of nitrogens with zero attached hydrogens (tertiary/aromatic N) is 5. The number of imidazole rings is 2. The number of hydrogen-bond acceptors (Lipinski definition) is 5. The standard InChI is InChI=1S/C23H22N6O/c1-23(2,30)16-5-7-17(8-6-16)26-21-22-24-10-11-29(22)13-19(27-21)15-4-9-20-18(12-15)25-14-28(20)3/h4-14,30H,1-3H3,(H,26,27). The fraction of sp³-hybridized carbons (Fsp3) is 0.174. The molecular weight excluding hydrogens is 376 g/mol. The summed E-state index contributed by atoms with van der Waals surface area (Å²) in [4.78, 5) is 13.7. The average molecular weight is 398 g/mol. The number of aliphatic hydroxyl groups is 1. The Morgan fingerprint density at radius 1 is 1.03 bits per heavy atom. The van der Waals surface area contributed by atoms with Gasteiger partial charge in [-0.1, -0.05) is 18.2 Å². The van der Waals surface area contributed by atoms with Gasteiger partial charge in [0.15, 0.2) is 11.5 Å². The first-order valence-electron chi connectivity index (χ1n) is 9.73. The van der Waals surface area contributed by atoms with E-state index in [1.807, 2.05) is 65.1 Å². The number of benzene rings is 2. The third-order valence-corrected chi connectivity index (χ3v) is 5.25. The Bertz CT molecular complexity index is 1360. The lowest BCUT2D eigenvalue weighted by molar-refractivity contribution is 0.0786. The van der Waals surface area contributed by atoms with Gasteiger partial charge in [-0.05, 0) is 43.7 Å². The van der Waals surface area contributed by atoms with Crippen LogP contribution < -0.4 is 5.32 Å². The number of fused-ring (bicyclic) bond motifs is 2. The maximum absolute atomic E-state index is 10.2. The second-order valence-corrected chi connectivity index (χ2v) is 7.95. The molecule has 2 aromatic carbocycles. The predicted molar refractivity (Wildman–Crippen MR) is 118 cm³/mol. The molecule has 3 aromatic heterocycles. The Kier molecular flexibility index (Phi) is 4.08. The van der Waals surface area contributed by atoms with Crippen LogP contribution in [0.2, 0.25) is 0 Å². The van der Waals surface area contributed by atoms with Crippen LogP contribution in [0.4, 0.5) is 11.5 Å². The fourth-order valence-corrected chi connectivity index (χ4v) is 3.55. The molecule has 2 N–H and O–H groups in total. The van der Waals surface area contributed by atoms with E-state index >= 15 is 0 Å². The van der Waals surface area contributed by atoms with Crippen LogP contribution in [-0.2, 0) is 12.6 Å². The molecule has 3 heterocycles. The van der Waals surface area contributed by atoms with Crippen LogP contribution in [0.15, 0.2) is 67.4 Å². The quantitative estimate of drug-likeness (QED) is 0.473. The number of rotatable bonds is 4. The first-order valence-corrected chi connectivity index (χ1v) is 9.73. The lowest BCUT2D eigenvalue weighted by Gasteiger charge is -2.18. The van der Waals surface area contributed by atoms with E-state index in [-0.39, 0.29) is 0 Å². The highest BCUT2D eigenvalue weighted by atomic mass is 16.3. The first-order chi connectivity index (χ1) is 14.4. The average Bonchev–Trinajstić information content (AvgIpc) is 3.34. The minimum atomic E-state index is -0.878. The summed E-state index contributed by atoms with van der Waals surface area (Å²) < 4.78 is 3.95. The lowest BCUT2D eigenvalue weighted by Crippen LogP contribution is -2.15. The van der Waals surface area contributed by atoms with Crippen LogP contribution in [0.25, 0.3) is 27.9 Å². The molecule has 0 aliphatic carbocycles. The largest absolute Gasteiger partial charge is 0.386 e. The van der Waals surface area contributed by atoms with E-state index in [9.17, 15) is 5.11 Å². The van der Waals surface area contributed by atoms with Crippen molar-refractivity contribution < 1.29 is 5.11 Å². The predicted octanol–water partition coefficient (Wildman–Crippen LogP) is 4.25. The van der Waals surface area contributed by atoms with E-state index in [0.29, 0.717) is 5.82 Å². The summed E-state index contributed by atoms with van der Waals surface area (Å²) in [6, 6.07) is 13.8. The van der Waals surface area contributed by atoms with Crippen LogP contribution in [-0.4, -0.2) is 29.0 Å². The molecule has 0 radical (unpaired) electrons. The number of anilines is 2. The van der Waals surface area contributed by atoms with Crippen LogP contribution in [0.5, 0.6) is 0 Å². The third-order valence-electron chi connectivity index (χ3n) is 5.25. The maximum Gasteiger partial charge on any atom is 0.180 e. The summed E-state index contributed by atoms with van der Waals surface area (Å²) in [5.41, 5.74) is 5.40. The second-order valence-electron chi connectivity index (χ2n) is 7.95. The fourth-order valence-electron chi connectivity index (χ4n) is 3.55. The van der Waals surface area contributed by atoms with E-state index in [4.69, 9.17) is 4.98 Å². The maximum atomic E-state index is 10.2. The number of aromatic nitrogens is 5. The van der Waals surface area contributed by atoms with Gasteiger partial charge in [-0.3, -0.25) is 0 Å². The molecule has 0 unspecified atom stereocenters. The van der Waals surface area contributed by atoms with E-state index in [2.05, 4.69) is 27.4 Å². The molecule has 7 heteroatoms. The van der Waals surface area contributed by atoms with E-state index in [1.54, 1.807) is 20.0 Å². The van der Waals surface area contributed by atoms with Crippen LogP contribution in [0.1, 0.15) is 19.4 Å². The number of hydrogen-bond donors (Lipinski definition) is 2. The summed E-state index contributed by atoms with van der Waals surface area (Å²) in [7, 11) is 1.98. The molecule has 30 heavy (non-hydrogen) atoms. The van der Waals surface area contributed by atoms with Gasteiger partial charge in [0.05, 0.1) is 28.7 Å². The molecule has 5 rings (SSSR count). The van der Waals surface area contributed by atoms with Crippen LogP contribution >= 0.6 is 0 Å². The van der Waals surface area contributed by atoms with Crippen LogP contribution in [0.3, 0.4) is 0 Å². The van der Waals surface area contributed by atoms with Crippen molar-refractivity contribution in [2.75, 3.05) is 5.32 Å². The van der Waals surface area contributed by atoms with Gasteiger partial charge < -0.3 is 19.4 Å². The minimum absolute atomic E-state index is 0.662. The van der Waals surface area contributed by atoms with Gasteiger partial charge >= 0.3 is 0 Å². The molecule has 0 aliphatic rings. The number of nitrogens with one attached hydrogen (secondary N) is 1. The third kappa shape index (κ3) is 3.19. The van der Waals surface area contributed by atoms with E-state index < -0.39 is 5.60 Å². The summed E-state index contributed by atoms with van der Waals surface area (Å²) in [6.07, 6.45) is 7.44. The zero-order valence-corrected chi connectivity index (χ0v) is 17.0. The Balaban J connectivity index is 1.55. The van der Waals surface area contributed by atoms with Crippen molar-refractivity contribution in [1.82, 2.24) is 23.9 Å². The number of aryl methyl sites for hydroxylation is 1. The molecule has 0 atom stereocenters. The molecule has 7 nitrogen and oxygen atoms in total. The molecule has 0 bridgehead atoms. The minimum Gasteiger partial charge on any atom is -0.386 e. The summed E-state index contributed by atoms with van der Waals surface area (Å²) in [5.74, 6) is 0.662. The second kappa shape index (κ2) is 6.67. The molecular formula is C23H22N6O. The molecule has 0 saturated carbocycles. The first kappa shape index (κ1) is 18.3. The van der Waals surface area contributed by atoms with Gasteiger partial charge in [0.25, 0.3) is 0 Å². The zero-order chi connectivity index (χ0) is 20.9. The molecule has 5 aromatic rings. The molecule has 0 amide bonds. The Hall–Kier alpha value is -3.71. The van der Waals surface area contributed by atoms with Gasteiger partial charge in [0.1, 0.15) is 0 Å². The highest BCUT2D eigenvalue weighted by Crippen LogP contribution is 2.28. The normalized spacial score (nSPS) is 12.0. The van der Waals surface area contributed by atoms with Gasteiger partial charge in [0.2, 0.25) is 0 Å². The smallest absolute Gasteiger partial charge is 0.180 e. The molecule has 0 fully saturated rings. The van der Waals surface area contributed by atoms with Crippen molar-refractivity contribution in [3.05, 3.63) is 72.9 Å². The van der Waals surface area contributed by atoms with Crippen molar-refractivity contribution in [2.24, 2.45) is 7.05 Å². The Labute approximate surface area is 173 Å². The van der Waals surface area contributed by atoms with Crippen molar-refractivity contribution in [3.63, 3.8) is 0 Å². The molecule has 150 valence electrons.